The van der Waals surface area contributed by atoms with Gasteiger partial charge in [-0.3, -0.25) is 16.2 Å². The molecule has 2 fully saturated rings. The van der Waals surface area contributed by atoms with Gasteiger partial charge < -0.3 is 0 Å². The summed E-state index contributed by atoms with van der Waals surface area (Å²) in [6.07, 6.45) is 10.3. The molecule has 0 amide bonds. The lowest BCUT2D eigenvalue weighted by Crippen LogP contribution is -2.60. The SMILES string of the molecule is C=C(C)CCC(NN)C1(N2CCCC2)CCCC1. The van der Waals surface area contributed by atoms with Gasteiger partial charge in [-0.05, 0) is 58.5 Å². The predicted molar refractivity (Wildman–Crippen MR) is 77.2 cm³/mol. The highest BCUT2D eigenvalue weighted by Gasteiger charge is 2.45. The van der Waals surface area contributed by atoms with Gasteiger partial charge in [-0.2, -0.15) is 0 Å². The number of nitrogens with one attached hydrogen (secondary N) is 1. The number of nitrogens with two attached hydrogens (primary N) is 1. The average molecular weight is 251 g/mol. The van der Waals surface area contributed by atoms with Crippen LogP contribution >= 0.6 is 0 Å². The minimum absolute atomic E-state index is 0.334. The molecule has 3 N–H and O–H groups in total. The number of hydrazine groups is 1. The van der Waals surface area contributed by atoms with Crippen molar-refractivity contribution >= 4 is 0 Å². The van der Waals surface area contributed by atoms with Crippen LogP contribution in [0.1, 0.15) is 58.3 Å². The molecule has 1 aliphatic heterocycles. The first-order valence-corrected chi connectivity index (χ1v) is 7.54. The molecule has 3 nitrogen and oxygen atoms in total. The van der Waals surface area contributed by atoms with E-state index in [0.717, 1.165) is 12.8 Å². The second-order valence-electron chi connectivity index (χ2n) is 6.22. The Hall–Kier alpha value is -0.380. The predicted octanol–water partition coefficient (Wildman–Crippen LogP) is 2.58. The Labute approximate surface area is 112 Å². The van der Waals surface area contributed by atoms with Crippen molar-refractivity contribution in [2.45, 2.75) is 69.9 Å². The van der Waals surface area contributed by atoms with E-state index < -0.39 is 0 Å². The first-order valence-electron chi connectivity index (χ1n) is 7.54. The van der Waals surface area contributed by atoms with Crippen molar-refractivity contribution in [2.24, 2.45) is 5.84 Å². The van der Waals surface area contributed by atoms with E-state index in [4.69, 9.17) is 5.84 Å². The fourth-order valence-corrected chi connectivity index (χ4v) is 3.93. The first-order chi connectivity index (χ1) is 8.69. The molecule has 0 aromatic heterocycles. The first kappa shape index (κ1) is 14.0. The molecule has 1 heterocycles. The Morgan fingerprint density at radius 3 is 2.39 bits per heavy atom. The molecule has 0 radical (unpaired) electrons. The van der Waals surface area contributed by atoms with Crippen molar-refractivity contribution in [3.63, 3.8) is 0 Å². The van der Waals surface area contributed by atoms with Crippen LogP contribution in [0.3, 0.4) is 0 Å². The molecule has 104 valence electrons. The lowest BCUT2D eigenvalue weighted by atomic mass is 9.83. The monoisotopic (exact) mass is 251 g/mol. The van der Waals surface area contributed by atoms with Gasteiger partial charge in [0, 0.05) is 11.6 Å². The maximum atomic E-state index is 5.89. The van der Waals surface area contributed by atoms with Gasteiger partial charge in [0.05, 0.1) is 0 Å². The van der Waals surface area contributed by atoms with Crippen LogP contribution in [0.5, 0.6) is 0 Å². The molecule has 1 unspecified atom stereocenters. The third-order valence-electron chi connectivity index (χ3n) is 4.91. The molecule has 0 aromatic rings. The number of hydrogen-bond acceptors (Lipinski definition) is 3. The van der Waals surface area contributed by atoms with Gasteiger partial charge in [0.1, 0.15) is 0 Å². The van der Waals surface area contributed by atoms with Crippen molar-refractivity contribution in [1.82, 2.24) is 10.3 Å². The second-order valence-corrected chi connectivity index (χ2v) is 6.22. The summed E-state index contributed by atoms with van der Waals surface area (Å²) in [5.41, 5.74) is 4.74. The van der Waals surface area contributed by atoms with E-state index in [9.17, 15) is 0 Å². The van der Waals surface area contributed by atoms with Crippen LogP contribution in [-0.2, 0) is 0 Å². The van der Waals surface area contributed by atoms with E-state index >= 15 is 0 Å². The quantitative estimate of drug-likeness (QED) is 0.433. The largest absolute Gasteiger partial charge is 0.296 e. The van der Waals surface area contributed by atoms with E-state index in [1.54, 1.807) is 0 Å². The van der Waals surface area contributed by atoms with E-state index in [1.807, 2.05) is 0 Å². The third kappa shape index (κ3) is 2.79. The summed E-state index contributed by atoms with van der Waals surface area (Å²) in [7, 11) is 0. The zero-order valence-corrected chi connectivity index (χ0v) is 11.9. The van der Waals surface area contributed by atoms with Gasteiger partial charge in [-0.15, -0.1) is 6.58 Å². The Kier molecular flexibility index (Phi) is 4.82. The molecular weight excluding hydrogens is 222 g/mol. The molecule has 1 atom stereocenters. The summed E-state index contributed by atoms with van der Waals surface area (Å²) in [5.74, 6) is 5.89. The van der Waals surface area contributed by atoms with Crippen molar-refractivity contribution in [3.8, 4) is 0 Å². The zero-order chi connectivity index (χ0) is 13.0. The van der Waals surface area contributed by atoms with Crippen LogP contribution in [0.15, 0.2) is 12.2 Å². The molecular formula is C15H29N3. The number of nitrogens with zero attached hydrogens (tertiary/aromatic N) is 1. The van der Waals surface area contributed by atoms with Gasteiger partial charge in [0.2, 0.25) is 0 Å². The lowest BCUT2D eigenvalue weighted by Gasteiger charge is -2.45. The summed E-state index contributed by atoms with van der Waals surface area (Å²) < 4.78 is 0. The molecule has 1 saturated heterocycles. The van der Waals surface area contributed by atoms with Gasteiger partial charge >= 0.3 is 0 Å². The minimum atomic E-state index is 0.334. The van der Waals surface area contributed by atoms with E-state index in [0.29, 0.717) is 11.6 Å². The maximum Gasteiger partial charge on any atom is 0.0397 e. The standard InChI is InChI=1S/C15H29N3/c1-13(2)7-8-14(17-16)15(9-3-4-10-15)18-11-5-6-12-18/h14,17H,1,3-12,16H2,2H3. The van der Waals surface area contributed by atoms with E-state index in [-0.39, 0.29) is 0 Å². The highest BCUT2D eigenvalue weighted by molar-refractivity contribution is 5.05. The third-order valence-corrected chi connectivity index (χ3v) is 4.91. The molecule has 2 aliphatic rings. The summed E-state index contributed by atoms with van der Waals surface area (Å²) >= 11 is 0. The highest BCUT2D eigenvalue weighted by Crippen LogP contribution is 2.41. The molecule has 18 heavy (non-hydrogen) atoms. The lowest BCUT2D eigenvalue weighted by molar-refractivity contribution is 0.0731. The number of rotatable bonds is 6. The molecule has 2 rings (SSSR count). The van der Waals surface area contributed by atoms with Crippen LogP contribution in [0.25, 0.3) is 0 Å². The fourth-order valence-electron chi connectivity index (χ4n) is 3.93. The van der Waals surface area contributed by atoms with Crippen molar-refractivity contribution in [2.75, 3.05) is 13.1 Å². The molecule has 0 bridgehead atoms. The summed E-state index contributed by atoms with van der Waals surface area (Å²) in [6, 6.07) is 0.426. The Morgan fingerprint density at radius 1 is 1.28 bits per heavy atom. The molecule has 0 spiro atoms. The van der Waals surface area contributed by atoms with Crippen LogP contribution < -0.4 is 11.3 Å². The second kappa shape index (κ2) is 6.18. The van der Waals surface area contributed by atoms with Crippen LogP contribution in [0, 0.1) is 0 Å². The van der Waals surface area contributed by atoms with Gasteiger partial charge in [-0.25, -0.2) is 0 Å². The number of likely N-dealkylation sites (tertiary alicyclic amines) is 1. The van der Waals surface area contributed by atoms with Gasteiger partial charge in [-0.1, -0.05) is 18.4 Å². The van der Waals surface area contributed by atoms with Gasteiger partial charge in [0.25, 0.3) is 0 Å². The molecule has 0 aromatic carbocycles. The van der Waals surface area contributed by atoms with Crippen LogP contribution in [-0.4, -0.2) is 29.6 Å². The van der Waals surface area contributed by atoms with Crippen molar-refractivity contribution < 1.29 is 0 Å². The zero-order valence-electron chi connectivity index (χ0n) is 11.9. The Balaban J connectivity index is 2.08. The van der Waals surface area contributed by atoms with Gasteiger partial charge in [0.15, 0.2) is 0 Å². The Bertz CT molecular complexity index is 275. The Morgan fingerprint density at radius 2 is 1.89 bits per heavy atom. The normalized spacial score (nSPS) is 25.4. The topological polar surface area (TPSA) is 41.3 Å². The fraction of sp³-hybridized carbons (Fsp3) is 0.867. The minimum Gasteiger partial charge on any atom is -0.296 e. The maximum absolute atomic E-state index is 5.89. The number of allylic oxidation sites excluding steroid dienone is 1. The van der Waals surface area contributed by atoms with Crippen LogP contribution in [0.2, 0.25) is 0 Å². The molecule has 1 aliphatic carbocycles. The van der Waals surface area contributed by atoms with E-state index in [2.05, 4.69) is 23.8 Å². The van der Waals surface area contributed by atoms with Crippen LogP contribution in [0.4, 0.5) is 0 Å². The summed E-state index contributed by atoms with van der Waals surface area (Å²) in [6.45, 7) is 8.68. The average Bonchev–Trinajstić information content (AvgIpc) is 3.00. The summed E-state index contributed by atoms with van der Waals surface area (Å²) in [4.78, 5) is 2.73. The van der Waals surface area contributed by atoms with Crippen molar-refractivity contribution in [1.29, 1.82) is 0 Å². The summed E-state index contributed by atoms with van der Waals surface area (Å²) in [5, 5.41) is 0. The molecule has 1 saturated carbocycles. The molecule has 3 heteroatoms. The highest BCUT2D eigenvalue weighted by atomic mass is 15.3. The van der Waals surface area contributed by atoms with Crippen molar-refractivity contribution in [3.05, 3.63) is 12.2 Å². The number of hydrogen-bond donors (Lipinski definition) is 2. The van der Waals surface area contributed by atoms with E-state index in [1.165, 1.54) is 57.2 Å². The smallest absolute Gasteiger partial charge is 0.0397 e.